The number of amides is 2. The summed E-state index contributed by atoms with van der Waals surface area (Å²) in [6.45, 7) is 2.75. The third-order valence-corrected chi connectivity index (χ3v) is 6.31. The summed E-state index contributed by atoms with van der Waals surface area (Å²) in [6, 6.07) is 15.9. The summed E-state index contributed by atoms with van der Waals surface area (Å²) in [7, 11) is 0. The lowest BCUT2D eigenvalue weighted by Crippen LogP contribution is -2.45. The molecule has 0 bridgehead atoms. The molecule has 0 radical (unpaired) electrons. The molecule has 4 rings (SSSR count). The fourth-order valence-electron chi connectivity index (χ4n) is 4.69. The van der Waals surface area contributed by atoms with Gasteiger partial charge >= 0.3 is 12.1 Å². The first-order chi connectivity index (χ1) is 15.4. The smallest absolute Gasteiger partial charge is 0.407 e. The minimum absolute atomic E-state index is 0.0219. The van der Waals surface area contributed by atoms with Gasteiger partial charge in [0, 0.05) is 31.5 Å². The van der Waals surface area contributed by atoms with Crippen molar-refractivity contribution < 1.29 is 24.2 Å². The lowest BCUT2D eigenvalue weighted by Gasteiger charge is -2.31. The van der Waals surface area contributed by atoms with Crippen LogP contribution >= 0.6 is 0 Å². The number of nitrogens with zero attached hydrogens (tertiary/aromatic N) is 1. The molecule has 2 atom stereocenters. The Balaban J connectivity index is 1.30. The Kier molecular flexibility index (Phi) is 6.44. The molecule has 1 saturated heterocycles. The predicted octanol–water partition coefficient (Wildman–Crippen LogP) is 3.63. The number of alkyl carbamates (subject to hydrolysis) is 1. The van der Waals surface area contributed by atoms with Crippen molar-refractivity contribution in [3.63, 3.8) is 0 Å². The average Bonchev–Trinajstić information content (AvgIpc) is 3.11. The number of fused-ring (bicyclic) bond motifs is 3. The maximum absolute atomic E-state index is 12.5. The summed E-state index contributed by atoms with van der Waals surface area (Å²) in [5.74, 6) is -1.56. The Labute approximate surface area is 187 Å². The van der Waals surface area contributed by atoms with Gasteiger partial charge in [0.25, 0.3) is 0 Å². The highest BCUT2D eigenvalue weighted by Crippen LogP contribution is 2.44. The molecule has 2 aromatic carbocycles. The van der Waals surface area contributed by atoms with Gasteiger partial charge in [-0.15, -0.1) is 0 Å². The number of hydrogen-bond acceptors (Lipinski definition) is 4. The monoisotopic (exact) mass is 436 g/mol. The van der Waals surface area contributed by atoms with Crippen molar-refractivity contribution in [2.75, 3.05) is 19.7 Å². The molecule has 7 heteroatoms. The molecule has 7 nitrogen and oxygen atoms in total. The molecule has 2 aliphatic rings. The number of rotatable bonds is 6. The van der Waals surface area contributed by atoms with E-state index in [9.17, 15) is 19.5 Å². The van der Waals surface area contributed by atoms with Crippen LogP contribution in [0.5, 0.6) is 0 Å². The number of benzene rings is 2. The third kappa shape index (κ3) is 4.61. The van der Waals surface area contributed by atoms with E-state index in [2.05, 4.69) is 29.6 Å². The molecule has 1 aliphatic carbocycles. The molecular formula is C25H28N2O5. The second-order valence-electron chi connectivity index (χ2n) is 8.59. The summed E-state index contributed by atoms with van der Waals surface area (Å²) in [5.41, 5.74) is 4.61. The SMILES string of the molecule is C[C@@H](CC(=O)N1CCC[C@@H](C(=O)O)C1)NC(=O)OCC1c2ccccc2-c2ccccc21. The standard InChI is InChI=1S/C25H28N2O5/c1-16(13-23(28)27-12-6-7-17(14-27)24(29)30)26-25(31)32-15-22-20-10-4-2-8-18(20)19-9-3-5-11-21(19)22/h2-5,8-11,16-17,22H,6-7,12-15H2,1H3,(H,26,31)(H,29,30)/t16-,17+/m0/s1. The fourth-order valence-corrected chi connectivity index (χ4v) is 4.69. The molecule has 1 heterocycles. The van der Waals surface area contributed by atoms with Crippen molar-refractivity contribution in [1.82, 2.24) is 10.2 Å². The summed E-state index contributed by atoms with van der Waals surface area (Å²) < 4.78 is 5.53. The number of ether oxygens (including phenoxy) is 1. The molecule has 0 spiro atoms. The average molecular weight is 437 g/mol. The van der Waals surface area contributed by atoms with Crippen molar-refractivity contribution in [3.8, 4) is 11.1 Å². The molecular weight excluding hydrogens is 408 g/mol. The Morgan fingerprint density at radius 1 is 1.09 bits per heavy atom. The lowest BCUT2D eigenvalue weighted by molar-refractivity contribution is -0.145. The molecule has 0 aromatic heterocycles. The molecule has 1 fully saturated rings. The van der Waals surface area contributed by atoms with Crippen molar-refractivity contribution in [2.24, 2.45) is 5.92 Å². The first-order valence-corrected chi connectivity index (χ1v) is 11.1. The first-order valence-electron chi connectivity index (χ1n) is 11.1. The van der Waals surface area contributed by atoms with Gasteiger partial charge in [0.1, 0.15) is 6.61 Å². The normalized spacial score (nSPS) is 18.4. The van der Waals surface area contributed by atoms with E-state index >= 15 is 0 Å². The Morgan fingerprint density at radius 2 is 1.72 bits per heavy atom. The van der Waals surface area contributed by atoms with Crippen LogP contribution in [0.25, 0.3) is 11.1 Å². The topological polar surface area (TPSA) is 95.9 Å². The molecule has 1 aliphatic heterocycles. The molecule has 0 saturated carbocycles. The van der Waals surface area contributed by atoms with Crippen molar-refractivity contribution in [3.05, 3.63) is 59.7 Å². The Morgan fingerprint density at radius 3 is 2.34 bits per heavy atom. The molecule has 0 unspecified atom stereocenters. The number of likely N-dealkylation sites (tertiary alicyclic amines) is 1. The van der Waals surface area contributed by atoms with Crippen molar-refractivity contribution in [2.45, 2.75) is 38.1 Å². The third-order valence-electron chi connectivity index (χ3n) is 6.31. The zero-order valence-electron chi connectivity index (χ0n) is 18.1. The van der Waals surface area contributed by atoms with Crippen LogP contribution in [0.4, 0.5) is 4.79 Å². The molecule has 2 aromatic rings. The minimum Gasteiger partial charge on any atom is -0.481 e. The van der Waals surface area contributed by atoms with Crippen LogP contribution in [-0.4, -0.2) is 53.7 Å². The lowest BCUT2D eigenvalue weighted by atomic mass is 9.98. The summed E-state index contributed by atoms with van der Waals surface area (Å²) in [5, 5.41) is 11.9. The van der Waals surface area contributed by atoms with Crippen LogP contribution < -0.4 is 5.32 Å². The zero-order chi connectivity index (χ0) is 22.7. The van der Waals surface area contributed by atoms with Gasteiger partial charge in [-0.2, -0.15) is 0 Å². The second-order valence-corrected chi connectivity index (χ2v) is 8.59. The largest absolute Gasteiger partial charge is 0.481 e. The van der Waals surface area contributed by atoms with Gasteiger partial charge in [-0.1, -0.05) is 48.5 Å². The number of carboxylic acids is 1. The van der Waals surface area contributed by atoms with E-state index in [4.69, 9.17) is 4.74 Å². The second kappa shape index (κ2) is 9.42. The van der Waals surface area contributed by atoms with Crippen molar-refractivity contribution >= 4 is 18.0 Å². The Bertz CT molecular complexity index is 975. The molecule has 32 heavy (non-hydrogen) atoms. The van der Waals surface area contributed by atoms with Crippen LogP contribution in [0.1, 0.15) is 43.2 Å². The van der Waals surface area contributed by atoms with E-state index in [-0.39, 0.29) is 31.4 Å². The summed E-state index contributed by atoms with van der Waals surface area (Å²) in [6.07, 6.45) is 0.814. The van der Waals surface area contributed by atoms with Gasteiger partial charge in [-0.05, 0) is 42.0 Å². The summed E-state index contributed by atoms with van der Waals surface area (Å²) >= 11 is 0. The van der Waals surface area contributed by atoms with E-state index < -0.39 is 24.0 Å². The van der Waals surface area contributed by atoms with E-state index in [1.54, 1.807) is 11.8 Å². The number of carboxylic acid groups (broad SMARTS) is 1. The van der Waals surface area contributed by atoms with Crippen LogP contribution in [0.2, 0.25) is 0 Å². The summed E-state index contributed by atoms with van der Waals surface area (Å²) in [4.78, 5) is 37.7. The van der Waals surface area contributed by atoms with Gasteiger partial charge in [0.15, 0.2) is 0 Å². The maximum Gasteiger partial charge on any atom is 0.407 e. The van der Waals surface area contributed by atoms with Gasteiger partial charge < -0.3 is 20.1 Å². The highest BCUT2D eigenvalue weighted by atomic mass is 16.5. The minimum atomic E-state index is -0.868. The molecule has 2 amide bonds. The molecule has 2 N–H and O–H groups in total. The van der Waals surface area contributed by atoms with E-state index in [1.165, 1.54) is 0 Å². The van der Waals surface area contributed by atoms with E-state index in [0.717, 1.165) is 22.3 Å². The van der Waals surface area contributed by atoms with E-state index in [1.807, 2.05) is 24.3 Å². The Hall–Kier alpha value is -3.35. The van der Waals surface area contributed by atoms with Crippen LogP contribution in [0, 0.1) is 5.92 Å². The van der Waals surface area contributed by atoms with Gasteiger partial charge in [0.2, 0.25) is 5.91 Å². The van der Waals surface area contributed by atoms with Gasteiger partial charge in [-0.25, -0.2) is 4.79 Å². The van der Waals surface area contributed by atoms with Crippen LogP contribution in [0.3, 0.4) is 0 Å². The number of carbonyl (C=O) groups is 3. The fraction of sp³-hybridized carbons (Fsp3) is 0.400. The highest BCUT2D eigenvalue weighted by molar-refractivity contribution is 5.80. The van der Waals surface area contributed by atoms with Crippen LogP contribution in [0.15, 0.2) is 48.5 Å². The number of piperidine rings is 1. The van der Waals surface area contributed by atoms with E-state index in [0.29, 0.717) is 19.4 Å². The maximum atomic E-state index is 12.5. The van der Waals surface area contributed by atoms with Crippen molar-refractivity contribution in [1.29, 1.82) is 0 Å². The van der Waals surface area contributed by atoms with Gasteiger partial charge in [-0.3, -0.25) is 9.59 Å². The van der Waals surface area contributed by atoms with Crippen LogP contribution in [-0.2, 0) is 14.3 Å². The number of carbonyl (C=O) groups excluding carboxylic acids is 2. The zero-order valence-corrected chi connectivity index (χ0v) is 18.1. The predicted molar refractivity (Wildman–Crippen MR) is 119 cm³/mol. The number of aliphatic carboxylic acids is 1. The first kappa shape index (κ1) is 21.9. The highest BCUT2D eigenvalue weighted by Gasteiger charge is 2.30. The van der Waals surface area contributed by atoms with Gasteiger partial charge in [0.05, 0.1) is 5.92 Å². The number of nitrogens with one attached hydrogen (secondary N) is 1. The molecule has 168 valence electrons. The quantitative estimate of drug-likeness (QED) is 0.721. The number of hydrogen-bond donors (Lipinski definition) is 2.